The van der Waals surface area contributed by atoms with Crippen LogP contribution in [0.3, 0.4) is 0 Å². The van der Waals surface area contributed by atoms with E-state index in [9.17, 15) is 4.79 Å². The third-order valence-corrected chi connectivity index (χ3v) is 1.83. The number of piperazine rings is 1. The molecule has 3 nitrogen and oxygen atoms in total. The summed E-state index contributed by atoms with van der Waals surface area (Å²) in [5.41, 5.74) is 0.591. The van der Waals surface area contributed by atoms with Crippen LogP contribution in [0.25, 0.3) is 0 Å². The van der Waals surface area contributed by atoms with Crippen LogP contribution in [0.1, 0.15) is 0 Å². The van der Waals surface area contributed by atoms with Crippen LogP contribution in [0.4, 0.5) is 0 Å². The van der Waals surface area contributed by atoms with Gasteiger partial charge in [0.25, 0.3) is 5.91 Å². The zero-order valence-corrected chi connectivity index (χ0v) is 6.42. The van der Waals surface area contributed by atoms with E-state index in [4.69, 9.17) is 0 Å². The third kappa shape index (κ3) is 0.988. The maximum atomic E-state index is 11.1. The highest BCUT2D eigenvalue weighted by Crippen LogP contribution is 2.07. The van der Waals surface area contributed by atoms with Crippen molar-refractivity contribution in [3.8, 4) is 0 Å². The first-order valence-corrected chi connectivity index (χ1v) is 3.28. The van der Waals surface area contributed by atoms with Gasteiger partial charge in [-0.15, -0.1) is 0 Å². The molecule has 1 aliphatic rings. The fraction of sp³-hybridized carbons (Fsp3) is 0.571. The molecule has 56 valence electrons. The lowest BCUT2D eigenvalue weighted by Gasteiger charge is -2.31. The van der Waals surface area contributed by atoms with Gasteiger partial charge in [0.05, 0.1) is 5.70 Å². The fourth-order valence-electron chi connectivity index (χ4n) is 0.920. The van der Waals surface area contributed by atoms with Gasteiger partial charge in [-0.25, -0.2) is 0 Å². The molecule has 1 aliphatic heterocycles. The molecule has 0 atom stereocenters. The number of carbonyl (C=O) groups excluding carboxylic acids is 1. The van der Waals surface area contributed by atoms with Crippen molar-refractivity contribution in [2.75, 3.05) is 27.2 Å². The molecule has 0 aromatic rings. The first-order chi connectivity index (χ1) is 4.63. The van der Waals surface area contributed by atoms with Crippen molar-refractivity contribution >= 4 is 5.91 Å². The zero-order chi connectivity index (χ0) is 7.72. The predicted molar refractivity (Wildman–Crippen MR) is 39.4 cm³/mol. The van der Waals surface area contributed by atoms with Crippen LogP contribution >= 0.6 is 0 Å². The Kier molecular flexibility index (Phi) is 1.66. The highest BCUT2D eigenvalue weighted by molar-refractivity contribution is 5.92. The number of carbonyl (C=O) groups is 1. The smallest absolute Gasteiger partial charge is 0.269 e. The van der Waals surface area contributed by atoms with Crippen LogP contribution < -0.4 is 0 Å². The van der Waals surface area contributed by atoms with Gasteiger partial charge < -0.3 is 9.80 Å². The van der Waals surface area contributed by atoms with E-state index in [1.807, 2.05) is 11.9 Å². The van der Waals surface area contributed by atoms with E-state index in [0.29, 0.717) is 5.70 Å². The van der Waals surface area contributed by atoms with Gasteiger partial charge in [-0.2, -0.15) is 0 Å². The minimum absolute atomic E-state index is 0.0359. The van der Waals surface area contributed by atoms with E-state index in [1.54, 1.807) is 11.9 Å². The van der Waals surface area contributed by atoms with Crippen molar-refractivity contribution in [1.29, 1.82) is 0 Å². The Morgan fingerprint density at radius 1 is 1.30 bits per heavy atom. The van der Waals surface area contributed by atoms with Gasteiger partial charge in [0, 0.05) is 27.2 Å². The quantitative estimate of drug-likeness (QED) is 0.439. The highest BCUT2D eigenvalue weighted by Gasteiger charge is 2.21. The van der Waals surface area contributed by atoms with E-state index in [0.717, 1.165) is 13.1 Å². The summed E-state index contributed by atoms with van der Waals surface area (Å²) in [5.74, 6) is 0.0359. The van der Waals surface area contributed by atoms with E-state index < -0.39 is 0 Å². The Morgan fingerprint density at radius 2 is 1.80 bits per heavy atom. The monoisotopic (exact) mass is 140 g/mol. The van der Waals surface area contributed by atoms with Crippen molar-refractivity contribution in [2.24, 2.45) is 0 Å². The Morgan fingerprint density at radius 3 is 2.30 bits per heavy atom. The van der Waals surface area contributed by atoms with E-state index >= 15 is 0 Å². The minimum atomic E-state index is 0.0359. The number of rotatable bonds is 0. The summed E-state index contributed by atoms with van der Waals surface area (Å²) < 4.78 is 0. The predicted octanol–water partition coefficient (Wildman–Crippen LogP) is -0.0961. The van der Waals surface area contributed by atoms with Crippen LogP contribution in [-0.4, -0.2) is 42.9 Å². The second-order valence-corrected chi connectivity index (χ2v) is 2.59. The summed E-state index contributed by atoms with van der Waals surface area (Å²) in [6.07, 6.45) is 0. The zero-order valence-electron chi connectivity index (χ0n) is 6.42. The standard InChI is InChI=1S/C7H12N2O/c1-6-7(10)9(3)5-4-8(6)2/h1,4-5H2,2-3H3. The molecule has 0 spiro atoms. The molecule has 0 bridgehead atoms. The van der Waals surface area contributed by atoms with E-state index in [2.05, 4.69) is 6.58 Å². The number of likely N-dealkylation sites (N-methyl/N-ethyl adjacent to an activating group) is 2. The van der Waals surface area contributed by atoms with Gasteiger partial charge in [-0.3, -0.25) is 4.79 Å². The van der Waals surface area contributed by atoms with Crippen LogP contribution in [0, 0.1) is 0 Å². The SMILES string of the molecule is C=C1C(=O)N(C)CCN1C. The Balaban J connectivity index is 2.70. The van der Waals surface area contributed by atoms with Crippen LogP contribution in [0.15, 0.2) is 12.3 Å². The Labute approximate surface area is 60.9 Å². The van der Waals surface area contributed by atoms with Crippen molar-refractivity contribution in [3.63, 3.8) is 0 Å². The summed E-state index contributed by atoms with van der Waals surface area (Å²) in [5, 5.41) is 0. The first-order valence-electron chi connectivity index (χ1n) is 3.28. The number of amides is 1. The van der Waals surface area contributed by atoms with Crippen LogP contribution in [0.5, 0.6) is 0 Å². The molecule has 0 aliphatic carbocycles. The summed E-state index contributed by atoms with van der Waals surface area (Å²) in [4.78, 5) is 14.7. The summed E-state index contributed by atoms with van der Waals surface area (Å²) in [6.45, 7) is 5.35. The maximum absolute atomic E-state index is 11.1. The molecule has 10 heavy (non-hydrogen) atoms. The lowest BCUT2D eigenvalue weighted by molar-refractivity contribution is -0.129. The van der Waals surface area contributed by atoms with E-state index in [-0.39, 0.29) is 5.91 Å². The van der Waals surface area contributed by atoms with Crippen molar-refractivity contribution in [3.05, 3.63) is 12.3 Å². The Hall–Kier alpha value is -0.990. The molecule has 0 aromatic carbocycles. The van der Waals surface area contributed by atoms with Gasteiger partial charge in [0.1, 0.15) is 0 Å². The maximum Gasteiger partial charge on any atom is 0.269 e. The number of nitrogens with zero attached hydrogens (tertiary/aromatic N) is 2. The molecule has 1 heterocycles. The average Bonchev–Trinajstić information content (AvgIpc) is 1.93. The number of hydrogen-bond acceptors (Lipinski definition) is 2. The molecule has 0 aromatic heterocycles. The second kappa shape index (κ2) is 2.33. The molecular formula is C7H12N2O. The van der Waals surface area contributed by atoms with Crippen molar-refractivity contribution in [2.45, 2.75) is 0 Å². The van der Waals surface area contributed by atoms with Crippen molar-refractivity contribution < 1.29 is 4.79 Å². The van der Waals surface area contributed by atoms with Gasteiger partial charge in [-0.1, -0.05) is 6.58 Å². The minimum Gasteiger partial charge on any atom is -0.369 e. The van der Waals surface area contributed by atoms with Crippen LogP contribution in [0.2, 0.25) is 0 Å². The van der Waals surface area contributed by atoms with Crippen LogP contribution in [-0.2, 0) is 4.79 Å². The average molecular weight is 140 g/mol. The van der Waals surface area contributed by atoms with Gasteiger partial charge in [0.2, 0.25) is 0 Å². The molecule has 3 heteroatoms. The molecule has 1 rings (SSSR count). The second-order valence-electron chi connectivity index (χ2n) is 2.59. The molecule has 0 N–H and O–H groups in total. The highest BCUT2D eigenvalue weighted by atomic mass is 16.2. The van der Waals surface area contributed by atoms with Gasteiger partial charge >= 0.3 is 0 Å². The van der Waals surface area contributed by atoms with E-state index in [1.165, 1.54) is 0 Å². The van der Waals surface area contributed by atoms with Gasteiger partial charge in [0.15, 0.2) is 0 Å². The molecule has 0 unspecified atom stereocenters. The topological polar surface area (TPSA) is 23.6 Å². The summed E-state index contributed by atoms with van der Waals surface area (Å²) in [6, 6.07) is 0. The summed E-state index contributed by atoms with van der Waals surface area (Å²) in [7, 11) is 3.67. The molecule has 0 saturated carbocycles. The number of hydrogen-bond donors (Lipinski definition) is 0. The van der Waals surface area contributed by atoms with Crippen molar-refractivity contribution in [1.82, 2.24) is 9.80 Å². The third-order valence-electron chi connectivity index (χ3n) is 1.83. The molecule has 1 saturated heterocycles. The fourth-order valence-corrected chi connectivity index (χ4v) is 0.920. The summed E-state index contributed by atoms with van der Waals surface area (Å²) >= 11 is 0. The molecule has 0 radical (unpaired) electrons. The molecule has 1 fully saturated rings. The lowest BCUT2D eigenvalue weighted by atomic mass is 10.3. The molecular weight excluding hydrogens is 128 g/mol. The first kappa shape index (κ1) is 7.12. The lowest BCUT2D eigenvalue weighted by Crippen LogP contribution is -2.44. The molecule has 1 amide bonds. The van der Waals surface area contributed by atoms with Gasteiger partial charge in [-0.05, 0) is 0 Å². The normalized spacial score (nSPS) is 20.2. The Bertz CT molecular complexity index is 156. The largest absolute Gasteiger partial charge is 0.369 e.